The minimum Gasteiger partial charge on any atom is -0.419 e. The van der Waals surface area contributed by atoms with Crippen LogP contribution in [-0.2, 0) is 6.54 Å². The van der Waals surface area contributed by atoms with Crippen LogP contribution < -0.4 is 0 Å². The Labute approximate surface area is 156 Å². The maximum absolute atomic E-state index is 10.6. The molecule has 1 saturated carbocycles. The summed E-state index contributed by atoms with van der Waals surface area (Å²) in [6.45, 7) is 2.58. The number of hydrogen-bond acceptors (Lipinski definition) is 7. The van der Waals surface area contributed by atoms with Gasteiger partial charge in [-0.2, -0.15) is 5.10 Å². The van der Waals surface area contributed by atoms with Crippen LogP contribution in [0.25, 0.3) is 11.5 Å². The smallest absolute Gasteiger partial charge is 0.249 e. The van der Waals surface area contributed by atoms with Gasteiger partial charge in [-0.05, 0) is 42.9 Å². The summed E-state index contributed by atoms with van der Waals surface area (Å²) in [4.78, 5) is 6.44. The number of hydrogen-bond donors (Lipinski definition) is 1. The zero-order chi connectivity index (χ0) is 18.2. The molecule has 1 aliphatic carbocycles. The van der Waals surface area contributed by atoms with Gasteiger partial charge in [0.25, 0.3) is 0 Å². The molecular weight excluding hydrogens is 344 g/mol. The highest BCUT2D eigenvalue weighted by atomic mass is 16.4. The molecule has 2 fully saturated rings. The van der Waals surface area contributed by atoms with E-state index in [0.717, 1.165) is 31.5 Å². The Morgan fingerprint density at radius 3 is 2.78 bits per heavy atom. The Balaban J connectivity index is 1.25. The Kier molecular flexibility index (Phi) is 4.21. The average molecular weight is 366 g/mol. The van der Waals surface area contributed by atoms with Gasteiger partial charge in [0.2, 0.25) is 11.8 Å². The summed E-state index contributed by atoms with van der Waals surface area (Å²) in [6.07, 6.45) is 8.59. The highest BCUT2D eigenvalue weighted by molar-refractivity contribution is 5.49. The van der Waals surface area contributed by atoms with Gasteiger partial charge in [-0.15, -0.1) is 10.2 Å². The summed E-state index contributed by atoms with van der Waals surface area (Å²) < 4.78 is 7.72. The molecule has 0 spiro atoms. The van der Waals surface area contributed by atoms with Crippen LogP contribution in [0.3, 0.4) is 0 Å². The summed E-state index contributed by atoms with van der Waals surface area (Å²) in [7, 11) is 0. The number of aliphatic hydroxyl groups is 1. The number of aliphatic hydroxyl groups excluding tert-OH is 1. The van der Waals surface area contributed by atoms with Crippen molar-refractivity contribution < 1.29 is 9.52 Å². The lowest BCUT2D eigenvalue weighted by Crippen LogP contribution is -2.36. The van der Waals surface area contributed by atoms with Gasteiger partial charge in [-0.3, -0.25) is 14.6 Å². The molecule has 2 aliphatic rings. The molecule has 3 aromatic heterocycles. The standard InChI is InChI=1S/C19H22N6O2/c26-17-8-15-11-24(10-14(15)7-16(17)25-6-2-5-21-25)12-18-22-23-19(27-18)13-3-1-4-20-9-13/h1-6,9,14-17,26H,7-8,10-12H2/t14-,15+,16-,17-/m1/s1. The van der Waals surface area contributed by atoms with Gasteiger partial charge in [0.15, 0.2) is 0 Å². The summed E-state index contributed by atoms with van der Waals surface area (Å²) in [5, 5.41) is 23.2. The molecule has 4 atom stereocenters. The fourth-order valence-corrected chi connectivity index (χ4v) is 4.51. The molecule has 4 heterocycles. The van der Waals surface area contributed by atoms with Crippen LogP contribution in [0.5, 0.6) is 0 Å². The molecule has 140 valence electrons. The number of pyridine rings is 1. The van der Waals surface area contributed by atoms with E-state index in [0.29, 0.717) is 30.2 Å². The van der Waals surface area contributed by atoms with Crippen molar-refractivity contribution >= 4 is 0 Å². The molecule has 27 heavy (non-hydrogen) atoms. The Morgan fingerprint density at radius 1 is 1.11 bits per heavy atom. The largest absolute Gasteiger partial charge is 0.419 e. The molecule has 3 aromatic rings. The topological polar surface area (TPSA) is 93.1 Å². The highest BCUT2D eigenvalue weighted by Gasteiger charge is 2.42. The lowest BCUT2D eigenvalue weighted by atomic mass is 9.77. The molecule has 8 nitrogen and oxygen atoms in total. The third-order valence-electron chi connectivity index (χ3n) is 5.78. The fraction of sp³-hybridized carbons (Fsp3) is 0.474. The molecule has 1 N–H and O–H groups in total. The first-order chi connectivity index (χ1) is 13.3. The predicted octanol–water partition coefficient (Wildman–Crippen LogP) is 1.77. The monoisotopic (exact) mass is 366 g/mol. The number of rotatable bonds is 4. The van der Waals surface area contributed by atoms with Crippen molar-refractivity contribution in [3.05, 3.63) is 48.9 Å². The average Bonchev–Trinajstić information content (AvgIpc) is 3.42. The second-order valence-corrected chi connectivity index (χ2v) is 7.55. The summed E-state index contributed by atoms with van der Waals surface area (Å²) >= 11 is 0. The van der Waals surface area contributed by atoms with E-state index in [1.807, 2.05) is 29.1 Å². The molecule has 0 radical (unpaired) electrons. The SMILES string of the molecule is O[C@@H]1C[C@H]2CN(Cc3nnc(-c4cccnc4)o3)C[C@H]2C[C@H]1n1cccn1. The molecule has 1 aliphatic heterocycles. The highest BCUT2D eigenvalue weighted by Crippen LogP contribution is 2.41. The van der Waals surface area contributed by atoms with Gasteiger partial charge in [-0.1, -0.05) is 0 Å². The number of aromatic nitrogens is 5. The second kappa shape index (κ2) is 6.86. The third-order valence-corrected chi connectivity index (χ3v) is 5.78. The maximum Gasteiger partial charge on any atom is 0.249 e. The van der Waals surface area contributed by atoms with Crippen LogP contribution in [0, 0.1) is 11.8 Å². The van der Waals surface area contributed by atoms with E-state index in [1.54, 1.807) is 18.6 Å². The summed E-state index contributed by atoms with van der Waals surface area (Å²) in [5.74, 6) is 2.19. The molecule has 0 aromatic carbocycles. The van der Waals surface area contributed by atoms with Crippen molar-refractivity contribution in [2.75, 3.05) is 13.1 Å². The van der Waals surface area contributed by atoms with Crippen LogP contribution in [0.2, 0.25) is 0 Å². The first kappa shape index (κ1) is 16.6. The van der Waals surface area contributed by atoms with E-state index < -0.39 is 0 Å². The molecule has 1 saturated heterocycles. The normalized spacial score (nSPS) is 28.3. The quantitative estimate of drug-likeness (QED) is 0.752. The maximum atomic E-state index is 10.6. The van der Waals surface area contributed by atoms with Gasteiger partial charge in [0.05, 0.1) is 24.3 Å². The van der Waals surface area contributed by atoms with Crippen molar-refractivity contribution in [2.45, 2.75) is 31.5 Å². The van der Waals surface area contributed by atoms with E-state index in [1.165, 1.54) is 0 Å². The second-order valence-electron chi connectivity index (χ2n) is 7.55. The van der Waals surface area contributed by atoms with Gasteiger partial charge in [0, 0.05) is 37.9 Å². The van der Waals surface area contributed by atoms with E-state index >= 15 is 0 Å². The van der Waals surface area contributed by atoms with E-state index in [-0.39, 0.29) is 12.1 Å². The first-order valence-corrected chi connectivity index (χ1v) is 9.38. The zero-order valence-corrected chi connectivity index (χ0v) is 14.9. The third kappa shape index (κ3) is 3.26. The molecule has 0 amide bonds. The van der Waals surface area contributed by atoms with E-state index in [4.69, 9.17) is 4.42 Å². The van der Waals surface area contributed by atoms with Crippen LogP contribution in [0.15, 0.2) is 47.4 Å². The summed E-state index contributed by atoms with van der Waals surface area (Å²) in [5.41, 5.74) is 0.830. The Hall–Kier alpha value is -2.58. The molecule has 8 heteroatoms. The van der Waals surface area contributed by atoms with Crippen molar-refractivity contribution in [1.29, 1.82) is 0 Å². The molecule has 0 bridgehead atoms. The zero-order valence-electron chi connectivity index (χ0n) is 14.9. The molecular formula is C19H22N6O2. The first-order valence-electron chi connectivity index (χ1n) is 9.38. The van der Waals surface area contributed by atoms with Gasteiger partial charge >= 0.3 is 0 Å². The van der Waals surface area contributed by atoms with Crippen LogP contribution in [0.1, 0.15) is 24.8 Å². The molecule has 5 rings (SSSR count). The lowest BCUT2D eigenvalue weighted by molar-refractivity contribution is 0.0306. The number of likely N-dealkylation sites (tertiary alicyclic amines) is 1. The van der Waals surface area contributed by atoms with E-state index in [2.05, 4.69) is 25.2 Å². The number of fused-ring (bicyclic) bond motifs is 1. The number of nitrogens with zero attached hydrogens (tertiary/aromatic N) is 6. The minimum atomic E-state index is -0.341. The Bertz CT molecular complexity index is 881. The van der Waals surface area contributed by atoms with Crippen LogP contribution in [-0.4, -0.2) is 54.2 Å². The Morgan fingerprint density at radius 2 is 2.00 bits per heavy atom. The van der Waals surface area contributed by atoms with Crippen LogP contribution >= 0.6 is 0 Å². The van der Waals surface area contributed by atoms with Crippen LogP contribution in [0.4, 0.5) is 0 Å². The predicted molar refractivity (Wildman–Crippen MR) is 96.3 cm³/mol. The summed E-state index contributed by atoms with van der Waals surface area (Å²) in [6, 6.07) is 5.74. The van der Waals surface area contributed by atoms with Crippen molar-refractivity contribution in [1.82, 2.24) is 29.9 Å². The lowest BCUT2D eigenvalue weighted by Gasteiger charge is -2.35. The van der Waals surface area contributed by atoms with Crippen molar-refractivity contribution in [3.63, 3.8) is 0 Å². The van der Waals surface area contributed by atoms with Crippen molar-refractivity contribution in [3.8, 4) is 11.5 Å². The van der Waals surface area contributed by atoms with Gasteiger partial charge < -0.3 is 9.52 Å². The minimum absolute atomic E-state index is 0.0711. The van der Waals surface area contributed by atoms with Gasteiger partial charge in [0.1, 0.15) is 0 Å². The van der Waals surface area contributed by atoms with E-state index in [9.17, 15) is 5.11 Å². The molecule has 0 unspecified atom stereocenters. The fourth-order valence-electron chi connectivity index (χ4n) is 4.51. The van der Waals surface area contributed by atoms with Gasteiger partial charge in [-0.25, -0.2) is 0 Å². The van der Waals surface area contributed by atoms with Crippen molar-refractivity contribution in [2.24, 2.45) is 11.8 Å².